The minimum absolute atomic E-state index is 0.0276. The number of amides is 1. The number of aliphatic hydroxyl groups is 1. The van der Waals surface area contributed by atoms with Crippen LogP contribution in [-0.4, -0.2) is 60.4 Å². The average Bonchev–Trinajstić information content (AvgIpc) is 2.38. The fraction of sp³-hybridized carbons (Fsp3) is 0.846. The van der Waals surface area contributed by atoms with Gasteiger partial charge < -0.3 is 15.2 Å². The van der Waals surface area contributed by atoms with Crippen LogP contribution in [0.5, 0.6) is 0 Å². The zero-order valence-electron chi connectivity index (χ0n) is 11.8. The lowest BCUT2D eigenvalue weighted by molar-refractivity contribution is -0.126. The monoisotopic (exact) mass is 269 g/mol. The molecule has 1 heterocycles. The Bertz CT molecular complexity index is 354. The summed E-state index contributed by atoms with van der Waals surface area (Å²) in [4.78, 5) is 13.9. The highest BCUT2D eigenvalue weighted by molar-refractivity contribution is 5.79. The van der Waals surface area contributed by atoms with Crippen LogP contribution < -0.4 is 5.32 Å². The average molecular weight is 269 g/mol. The van der Waals surface area contributed by atoms with Crippen molar-refractivity contribution in [3.05, 3.63) is 0 Å². The Morgan fingerprint density at radius 2 is 2.37 bits per heavy atom. The predicted octanol–water partition coefficient (Wildman–Crippen LogP) is -0.266. The summed E-state index contributed by atoms with van der Waals surface area (Å²) in [6.07, 6.45) is 0. The first kappa shape index (κ1) is 15.9. The number of hydrogen-bond donors (Lipinski definition) is 2. The van der Waals surface area contributed by atoms with Crippen LogP contribution in [0.2, 0.25) is 0 Å². The maximum atomic E-state index is 12.0. The number of aliphatic hydroxyl groups excluding tert-OH is 1. The van der Waals surface area contributed by atoms with E-state index >= 15 is 0 Å². The van der Waals surface area contributed by atoms with Crippen LogP contribution in [0, 0.1) is 17.2 Å². The Morgan fingerprint density at radius 1 is 1.68 bits per heavy atom. The first-order valence-electron chi connectivity index (χ1n) is 6.58. The van der Waals surface area contributed by atoms with Crippen molar-refractivity contribution in [2.75, 3.05) is 32.9 Å². The number of morpholine rings is 1. The van der Waals surface area contributed by atoms with Gasteiger partial charge in [-0.05, 0) is 12.8 Å². The fourth-order valence-electron chi connectivity index (χ4n) is 1.88. The number of rotatable bonds is 5. The molecule has 0 aromatic carbocycles. The number of nitriles is 1. The summed E-state index contributed by atoms with van der Waals surface area (Å²) < 4.78 is 5.26. The third-order valence-electron chi connectivity index (χ3n) is 3.69. The molecule has 6 nitrogen and oxygen atoms in total. The second kappa shape index (κ2) is 6.85. The van der Waals surface area contributed by atoms with E-state index in [2.05, 4.69) is 11.4 Å². The number of hydrogen-bond acceptors (Lipinski definition) is 5. The van der Waals surface area contributed by atoms with Crippen molar-refractivity contribution in [2.24, 2.45) is 5.92 Å². The number of nitrogens with one attached hydrogen (secondary N) is 1. The molecule has 2 atom stereocenters. The van der Waals surface area contributed by atoms with Crippen molar-refractivity contribution in [1.82, 2.24) is 10.2 Å². The Balaban J connectivity index is 2.57. The molecule has 1 aliphatic rings. The third kappa shape index (κ3) is 4.16. The van der Waals surface area contributed by atoms with Gasteiger partial charge in [-0.15, -0.1) is 0 Å². The predicted molar refractivity (Wildman–Crippen MR) is 70.3 cm³/mol. The highest BCUT2D eigenvalue weighted by Crippen LogP contribution is 2.15. The molecular formula is C13H23N3O3. The zero-order valence-corrected chi connectivity index (χ0v) is 11.8. The van der Waals surface area contributed by atoms with Crippen LogP contribution in [0.1, 0.15) is 20.8 Å². The van der Waals surface area contributed by atoms with Crippen molar-refractivity contribution >= 4 is 5.91 Å². The van der Waals surface area contributed by atoms with Crippen molar-refractivity contribution in [1.29, 1.82) is 5.26 Å². The Kier molecular flexibility index (Phi) is 5.73. The normalized spacial score (nSPS) is 23.7. The Morgan fingerprint density at radius 3 is 2.89 bits per heavy atom. The first-order valence-corrected chi connectivity index (χ1v) is 6.58. The smallest absolute Gasteiger partial charge is 0.235 e. The van der Waals surface area contributed by atoms with E-state index < -0.39 is 5.54 Å². The molecule has 1 amide bonds. The van der Waals surface area contributed by atoms with Gasteiger partial charge in [-0.25, -0.2) is 0 Å². The lowest BCUT2D eigenvalue weighted by Gasteiger charge is -2.35. The molecule has 6 heteroatoms. The molecular weight excluding hydrogens is 246 g/mol. The van der Waals surface area contributed by atoms with Crippen molar-refractivity contribution in [3.63, 3.8) is 0 Å². The van der Waals surface area contributed by atoms with E-state index in [1.807, 2.05) is 18.7 Å². The molecule has 1 saturated heterocycles. The molecule has 1 fully saturated rings. The molecule has 1 rings (SSSR count). The van der Waals surface area contributed by atoms with Gasteiger partial charge in [0.05, 0.1) is 38.5 Å². The van der Waals surface area contributed by atoms with Crippen molar-refractivity contribution in [3.8, 4) is 6.07 Å². The van der Waals surface area contributed by atoms with Gasteiger partial charge in [0, 0.05) is 6.54 Å². The van der Waals surface area contributed by atoms with Gasteiger partial charge in [0.2, 0.25) is 5.91 Å². The molecule has 2 unspecified atom stereocenters. The minimum atomic E-state index is -0.863. The summed E-state index contributed by atoms with van der Waals surface area (Å²) in [6.45, 7) is 7.27. The summed E-state index contributed by atoms with van der Waals surface area (Å²) in [5.41, 5.74) is -0.863. The van der Waals surface area contributed by atoms with E-state index in [0.717, 1.165) is 0 Å². The number of carbonyl (C=O) groups excluding carboxylic acids is 1. The standard InChI is InChI=1S/C13H23N3O3/c1-10(2)13(3,9-14)15-12(18)6-16-4-5-19-8-11(16)7-17/h10-11,17H,4-8H2,1-3H3,(H,15,18). The molecule has 0 aromatic heterocycles. The summed E-state index contributed by atoms with van der Waals surface area (Å²) in [7, 11) is 0. The molecule has 19 heavy (non-hydrogen) atoms. The lowest BCUT2D eigenvalue weighted by atomic mass is 9.90. The molecule has 1 aliphatic heterocycles. The number of ether oxygens (including phenoxy) is 1. The van der Waals surface area contributed by atoms with Gasteiger partial charge in [-0.2, -0.15) is 5.26 Å². The molecule has 0 aromatic rings. The molecule has 0 bridgehead atoms. The molecule has 108 valence electrons. The van der Waals surface area contributed by atoms with Gasteiger partial charge >= 0.3 is 0 Å². The molecule has 2 N–H and O–H groups in total. The Hall–Kier alpha value is -1.16. The Labute approximate surface area is 114 Å². The third-order valence-corrected chi connectivity index (χ3v) is 3.69. The van der Waals surface area contributed by atoms with E-state index in [0.29, 0.717) is 19.8 Å². The van der Waals surface area contributed by atoms with E-state index in [4.69, 9.17) is 4.74 Å². The summed E-state index contributed by atoms with van der Waals surface area (Å²) in [5, 5.41) is 21.2. The summed E-state index contributed by atoms with van der Waals surface area (Å²) >= 11 is 0. The minimum Gasteiger partial charge on any atom is -0.395 e. The van der Waals surface area contributed by atoms with E-state index in [-0.39, 0.29) is 31.0 Å². The maximum Gasteiger partial charge on any atom is 0.235 e. The van der Waals surface area contributed by atoms with Gasteiger partial charge in [-0.1, -0.05) is 13.8 Å². The van der Waals surface area contributed by atoms with Crippen LogP contribution in [-0.2, 0) is 9.53 Å². The fourth-order valence-corrected chi connectivity index (χ4v) is 1.88. The van der Waals surface area contributed by atoms with Gasteiger partial charge in [0.15, 0.2) is 0 Å². The molecule has 0 saturated carbocycles. The van der Waals surface area contributed by atoms with E-state index in [1.54, 1.807) is 6.92 Å². The zero-order chi connectivity index (χ0) is 14.5. The molecule has 0 spiro atoms. The second-order valence-electron chi connectivity index (χ2n) is 5.40. The summed E-state index contributed by atoms with van der Waals surface area (Å²) in [5.74, 6) is -0.169. The maximum absolute atomic E-state index is 12.0. The van der Waals surface area contributed by atoms with Crippen LogP contribution in [0.4, 0.5) is 0 Å². The van der Waals surface area contributed by atoms with Crippen LogP contribution >= 0.6 is 0 Å². The second-order valence-corrected chi connectivity index (χ2v) is 5.40. The largest absolute Gasteiger partial charge is 0.395 e. The highest BCUT2D eigenvalue weighted by Gasteiger charge is 2.31. The number of carbonyl (C=O) groups is 1. The van der Waals surface area contributed by atoms with Crippen molar-refractivity contribution in [2.45, 2.75) is 32.4 Å². The van der Waals surface area contributed by atoms with Gasteiger partial charge in [-0.3, -0.25) is 9.69 Å². The van der Waals surface area contributed by atoms with E-state index in [1.165, 1.54) is 0 Å². The number of nitrogens with zero attached hydrogens (tertiary/aromatic N) is 2. The topological polar surface area (TPSA) is 85.6 Å². The lowest BCUT2D eigenvalue weighted by Crippen LogP contribution is -2.55. The molecule has 0 radical (unpaired) electrons. The van der Waals surface area contributed by atoms with Crippen LogP contribution in [0.15, 0.2) is 0 Å². The SMILES string of the molecule is CC(C)C(C)(C#N)NC(=O)CN1CCOCC1CO. The van der Waals surface area contributed by atoms with Crippen LogP contribution in [0.25, 0.3) is 0 Å². The quantitative estimate of drug-likeness (QED) is 0.718. The van der Waals surface area contributed by atoms with Gasteiger partial charge in [0.1, 0.15) is 5.54 Å². The van der Waals surface area contributed by atoms with Gasteiger partial charge in [0.25, 0.3) is 0 Å². The highest BCUT2D eigenvalue weighted by atomic mass is 16.5. The first-order chi connectivity index (χ1) is 8.92. The summed E-state index contributed by atoms with van der Waals surface area (Å²) in [6, 6.07) is 2.00. The molecule has 0 aliphatic carbocycles. The van der Waals surface area contributed by atoms with Crippen LogP contribution in [0.3, 0.4) is 0 Å². The van der Waals surface area contributed by atoms with E-state index in [9.17, 15) is 15.2 Å². The van der Waals surface area contributed by atoms with Crippen molar-refractivity contribution < 1.29 is 14.6 Å².